The van der Waals surface area contributed by atoms with E-state index in [1.807, 2.05) is 19.2 Å². The van der Waals surface area contributed by atoms with Gasteiger partial charge in [0.2, 0.25) is 0 Å². The van der Waals surface area contributed by atoms with Crippen LogP contribution in [-0.4, -0.2) is 11.2 Å². The largest absolute Gasteiger partial charge is 0.488 e. The van der Waals surface area contributed by atoms with E-state index >= 15 is 0 Å². The lowest BCUT2D eigenvalue weighted by atomic mass is 10.2. The van der Waals surface area contributed by atoms with Crippen molar-refractivity contribution in [3.05, 3.63) is 28.7 Å². The molecule has 90 valence electrons. The molecule has 0 unspecified atom stereocenters. The molecule has 0 atom stereocenters. The van der Waals surface area contributed by atoms with Crippen molar-refractivity contribution in [2.45, 2.75) is 46.1 Å². The maximum Gasteiger partial charge on any atom is 0.292 e. The average molecular weight is 223 g/mol. The second-order valence-electron chi connectivity index (χ2n) is 3.86. The predicted molar refractivity (Wildman–Crippen MR) is 66.0 cm³/mol. The van der Waals surface area contributed by atoms with E-state index in [4.69, 9.17) is 4.74 Å². The zero-order valence-corrected chi connectivity index (χ0v) is 10.2. The maximum absolute atomic E-state index is 11.9. The Morgan fingerprint density at radius 1 is 1.25 bits per heavy atom. The Balaban J connectivity index is 2.59. The highest BCUT2D eigenvalue weighted by molar-refractivity contribution is 5.17. The maximum atomic E-state index is 11.9. The van der Waals surface area contributed by atoms with Gasteiger partial charge in [-0.3, -0.25) is 4.79 Å². The number of unbranched alkanes of at least 4 members (excludes halogenated alkanes) is 3. The molecule has 16 heavy (non-hydrogen) atoms. The zero-order valence-electron chi connectivity index (χ0n) is 10.2. The predicted octanol–water partition coefficient (Wildman–Crippen LogP) is 2.83. The molecule has 0 N–H and O–H groups in total. The first kappa shape index (κ1) is 12.8. The van der Waals surface area contributed by atoms with E-state index in [-0.39, 0.29) is 5.56 Å². The molecule has 1 aromatic heterocycles. The van der Waals surface area contributed by atoms with E-state index in [0.29, 0.717) is 12.4 Å². The molecule has 0 amide bonds. The molecular weight excluding hydrogens is 202 g/mol. The highest BCUT2D eigenvalue weighted by Gasteiger charge is 2.02. The van der Waals surface area contributed by atoms with Crippen LogP contribution in [0.5, 0.6) is 5.75 Å². The molecule has 0 saturated carbocycles. The molecular formula is C13H21NO2. The van der Waals surface area contributed by atoms with Crippen molar-refractivity contribution in [3.8, 4) is 5.75 Å². The van der Waals surface area contributed by atoms with Gasteiger partial charge in [0.15, 0.2) is 5.75 Å². The normalized spacial score (nSPS) is 10.4. The van der Waals surface area contributed by atoms with E-state index in [1.165, 1.54) is 19.3 Å². The molecule has 0 aromatic carbocycles. The van der Waals surface area contributed by atoms with Crippen LogP contribution >= 0.6 is 0 Å². The molecule has 0 fully saturated rings. The molecule has 1 rings (SSSR count). The van der Waals surface area contributed by atoms with Crippen LogP contribution in [-0.2, 0) is 6.54 Å². The van der Waals surface area contributed by atoms with Gasteiger partial charge in [-0.1, -0.05) is 26.2 Å². The van der Waals surface area contributed by atoms with Gasteiger partial charge in [0, 0.05) is 12.7 Å². The summed E-state index contributed by atoms with van der Waals surface area (Å²) in [6.07, 6.45) is 6.52. The summed E-state index contributed by atoms with van der Waals surface area (Å²) in [6.45, 7) is 5.40. The zero-order chi connectivity index (χ0) is 11.8. The van der Waals surface area contributed by atoms with Gasteiger partial charge in [-0.25, -0.2) is 0 Å². The first-order valence-corrected chi connectivity index (χ1v) is 6.11. The number of hydrogen-bond acceptors (Lipinski definition) is 2. The van der Waals surface area contributed by atoms with E-state index in [2.05, 4.69) is 6.92 Å². The van der Waals surface area contributed by atoms with E-state index < -0.39 is 0 Å². The fourth-order valence-corrected chi connectivity index (χ4v) is 1.67. The lowest BCUT2D eigenvalue weighted by Crippen LogP contribution is -2.21. The molecule has 0 radical (unpaired) electrons. The second-order valence-corrected chi connectivity index (χ2v) is 3.86. The van der Waals surface area contributed by atoms with Gasteiger partial charge in [0.1, 0.15) is 0 Å². The van der Waals surface area contributed by atoms with Crippen molar-refractivity contribution in [1.82, 2.24) is 4.57 Å². The van der Waals surface area contributed by atoms with Crippen molar-refractivity contribution in [2.75, 3.05) is 6.61 Å². The Labute approximate surface area is 97.1 Å². The van der Waals surface area contributed by atoms with E-state index in [1.54, 1.807) is 10.6 Å². The van der Waals surface area contributed by atoms with Gasteiger partial charge in [-0.15, -0.1) is 0 Å². The van der Waals surface area contributed by atoms with Crippen LogP contribution in [0, 0.1) is 0 Å². The molecule has 0 aliphatic rings. The molecule has 0 aliphatic carbocycles. The van der Waals surface area contributed by atoms with Gasteiger partial charge in [0.05, 0.1) is 6.61 Å². The third-order valence-electron chi connectivity index (χ3n) is 2.54. The number of pyridine rings is 1. The minimum Gasteiger partial charge on any atom is -0.488 e. The standard InChI is InChI=1S/C13H21NO2/c1-3-5-6-7-10-14-11-8-9-12(13(14)15)16-4-2/h8-9,11H,3-7,10H2,1-2H3. The summed E-state index contributed by atoms with van der Waals surface area (Å²) in [4.78, 5) is 11.9. The summed E-state index contributed by atoms with van der Waals surface area (Å²) in [5, 5.41) is 0. The molecule has 0 aliphatic heterocycles. The molecule has 1 aromatic rings. The van der Waals surface area contributed by atoms with Crippen molar-refractivity contribution >= 4 is 0 Å². The van der Waals surface area contributed by atoms with Crippen LogP contribution in [0.2, 0.25) is 0 Å². The Hall–Kier alpha value is -1.25. The lowest BCUT2D eigenvalue weighted by molar-refractivity contribution is 0.331. The van der Waals surface area contributed by atoms with Gasteiger partial charge in [0.25, 0.3) is 5.56 Å². The Morgan fingerprint density at radius 2 is 2.06 bits per heavy atom. The molecule has 0 spiro atoms. The van der Waals surface area contributed by atoms with Crippen LogP contribution in [0.15, 0.2) is 23.1 Å². The first-order valence-electron chi connectivity index (χ1n) is 6.11. The SMILES string of the molecule is CCCCCCn1cccc(OCC)c1=O. The summed E-state index contributed by atoms with van der Waals surface area (Å²) in [6, 6.07) is 3.60. The van der Waals surface area contributed by atoms with Gasteiger partial charge in [-0.2, -0.15) is 0 Å². The molecule has 3 heteroatoms. The first-order chi connectivity index (χ1) is 7.79. The van der Waals surface area contributed by atoms with Crippen LogP contribution in [0.1, 0.15) is 39.5 Å². The van der Waals surface area contributed by atoms with Gasteiger partial charge in [-0.05, 0) is 25.5 Å². The number of ether oxygens (including phenoxy) is 1. The van der Waals surface area contributed by atoms with Gasteiger partial charge >= 0.3 is 0 Å². The summed E-state index contributed by atoms with van der Waals surface area (Å²) in [7, 11) is 0. The fourth-order valence-electron chi connectivity index (χ4n) is 1.67. The number of aromatic nitrogens is 1. The monoisotopic (exact) mass is 223 g/mol. The molecule has 1 heterocycles. The minimum absolute atomic E-state index is 0.0131. The summed E-state index contributed by atoms with van der Waals surface area (Å²) in [5.41, 5.74) is -0.0131. The summed E-state index contributed by atoms with van der Waals surface area (Å²) >= 11 is 0. The van der Waals surface area contributed by atoms with E-state index in [9.17, 15) is 4.79 Å². The smallest absolute Gasteiger partial charge is 0.292 e. The van der Waals surface area contributed by atoms with Crippen molar-refractivity contribution in [2.24, 2.45) is 0 Å². The average Bonchev–Trinajstić information content (AvgIpc) is 2.29. The summed E-state index contributed by atoms with van der Waals surface area (Å²) in [5.74, 6) is 0.459. The highest BCUT2D eigenvalue weighted by Crippen LogP contribution is 2.04. The van der Waals surface area contributed by atoms with Gasteiger partial charge < -0.3 is 9.30 Å². The third kappa shape index (κ3) is 3.72. The Bertz CT molecular complexity index is 357. The number of hydrogen-bond donors (Lipinski definition) is 0. The number of nitrogens with zero attached hydrogens (tertiary/aromatic N) is 1. The molecule has 3 nitrogen and oxygen atoms in total. The second kappa shape index (κ2) is 7.09. The third-order valence-corrected chi connectivity index (χ3v) is 2.54. The molecule has 0 bridgehead atoms. The lowest BCUT2D eigenvalue weighted by Gasteiger charge is -2.07. The van der Waals surface area contributed by atoms with Crippen LogP contribution < -0.4 is 10.3 Å². The topological polar surface area (TPSA) is 31.2 Å². The Kier molecular flexibility index (Phi) is 5.68. The summed E-state index contributed by atoms with van der Waals surface area (Å²) < 4.78 is 7.01. The van der Waals surface area contributed by atoms with Crippen molar-refractivity contribution in [1.29, 1.82) is 0 Å². The van der Waals surface area contributed by atoms with Crippen molar-refractivity contribution < 1.29 is 4.74 Å². The van der Waals surface area contributed by atoms with Crippen LogP contribution in [0.4, 0.5) is 0 Å². The highest BCUT2D eigenvalue weighted by atomic mass is 16.5. The number of aryl methyl sites for hydroxylation is 1. The quantitative estimate of drug-likeness (QED) is 0.666. The Morgan fingerprint density at radius 3 is 2.75 bits per heavy atom. The number of rotatable bonds is 7. The van der Waals surface area contributed by atoms with Crippen LogP contribution in [0.3, 0.4) is 0 Å². The van der Waals surface area contributed by atoms with E-state index in [0.717, 1.165) is 13.0 Å². The van der Waals surface area contributed by atoms with Crippen LogP contribution in [0.25, 0.3) is 0 Å². The minimum atomic E-state index is -0.0131. The fraction of sp³-hybridized carbons (Fsp3) is 0.615. The van der Waals surface area contributed by atoms with Crippen molar-refractivity contribution in [3.63, 3.8) is 0 Å². The molecule has 0 saturated heterocycles.